The van der Waals surface area contributed by atoms with Gasteiger partial charge in [-0.1, -0.05) is 12.1 Å². The average molecular weight is 308 g/mol. The van der Waals surface area contributed by atoms with Gasteiger partial charge in [0.2, 0.25) is 0 Å². The molecule has 0 heterocycles. The lowest BCUT2D eigenvalue weighted by Gasteiger charge is -2.04. The molecule has 0 spiro atoms. The molecule has 0 saturated heterocycles. The zero-order chi connectivity index (χ0) is 10.6. The van der Waals surface area contributed by atoms with Gasteiger partial charge < -0.3 is 4.74 Å². The third-order valence-corrected chi connectivity index (χ3v) is 2.50. The molecule has 14 heavy (non-hydrogen) atoms. The maximum absolute atomic E-state index is 13.4. The van der Waals surface area contributed by atoms with Crippen molar-refractivity contribution in [2.24, 2.45) is 0 Å². The first kappa shape index (κ1) is 11.4. The van der Waals surface area contributed by atoms with Gasteiger partial charge in [-0.05, 0) is 35.6 Å². The molecule has 0 fully saturated rings. The van der Waals surface area contributed by atoms with E-state index in [4.69, 9.17) is 4.74 Å². The number of benzene rings is 1. The van der Waals surface area contributed by atoms with Crippen molar-refractivity contribution in [1.29, 1.82) is 0 Å². The van der Waals surface area contributed by atoms with Gasteiger partial charge in [0.15, 0.2) is 0 Å². The normalized spacial score (nSPS) is 9.93. The van der Waals surface area contributed by atoms with Crippen molar-refractivity contribution in [1.82, 2.24) is 0 Å². The van der Waals surface area contributed by atoms with Crippen LogP contribution in [-0.4, -0.2) is 12.6 Å². The van der Waals surface area contributed by atoms with E-state index >= 15 is 0 Å². The molecular formula is C10H10FIO2. The lowest BCUT2D eigenvalue weighted by atomic mass is 10.1. The standard InChI is InChI=1S/C10H10FIO2/c1-2-14-9(13)6-7-4-3-5-8(12)10(7)11/h3-5H,2,6H2,1H3. The number of hydrogen-bond donors (Lipinski definition) is 0. The Kier molecular flexibility index (Phi) is 4.31. The van der Waals surface area contributed by atoms with Gasteiger partial charge in [-0.3, -0.25) is 4.79 Å². The number of rotatable bonds is 3. The fourth-order valence-corrected chi connectivity index (χ4v) is 1.61. The minimum Gasteiger partial charge on any atom is -0.466 e. The summed E-state index contributed by atoms with van der Waals surface area (Å²) in [7, 11) is 0. The van der Waals surface area contributed by atoms with Crippen molar-refractivity contribution in [2.45, 2.75) is 13.3 Å². The molecule has 2 nitrogen and oxygen atoms in total. The van der Waals surface area contributed by atoms with Gasteiger partial charge in [0, 0.05) is 9.13 Å². The molecule has 0 atom stereocenters. The van der Waals surface area contributed by atoms with Crippen LogP contribution >= 0.6 is 22.6 Å². The monoisotopic (exact) mass is 308 g/mol. The number of hydrogen-bond acceptors (Lipinski definition) is 2. The summed E-state index contributed by atoms with van der Waals surface area (Å²) in [5.41, 5.74) is 0.385. The van der Waals surface area contributed by atoms with Crippen molar-refractivity contribution in [3.05, 3.63) is 33.1 Å². The first-order chi connectivity index (χ1) is 6.65. The molecule has 1 aromatic rings. The van der Waals surface area contributed by atoms with Crippen molar-refractivity contribution in [2.75, 3.05) is 6.61 Å². The molecular weight excluding hydrogens is 298 g/mol. The molecule has 0 aliphatic rings. The van der Waals surface area contributed by atoms with E-state index in [2.05, 4.69) is 0 Å². The Labute approximate surface area is 95.6 Å². The van der Waals surface area contributed by atoms with Gasteiger partial charge in [-0.25, -0.2) is 4.39 Å². The maximum Gasteiger partial charge on any atom is 0.310 e. The van der Waals surface area contributed by atoms with Gasteiger partial charge in [0.1, 0.15) is 5.82 Å². The van der Waals surface area contributed by atoms with E-state index in [9.17, 15) is 9.18 Å². The Bertz CT molecular complexity index is 339. The number of esters is 1. The Morgan fingerprint density at radius 1 is 1.57 bits per heavy atom. The molecule has 0 amide bonds. The molecule has 0 aromatic heterocycles. The topological polar surface area (TPSA) is 26.3 Å². The van der Waals surface area contributed by atoms with E-state index in [-0.39, 0.29) is 12.2 Å². The fourth-order valence-electron chi connectivity index (χ4n) is 1.05. The van der Waals surface area contributed by atoms with Gasteiger partial charge in [0.05, 0.1) is 13.0 Å². The lowest BCUT2D eigenvalue weighted by molar-refractivity contribution is -0.142. The van der Waals surface area contributed by atoms with Crippen molar-refractivity contribution in [3.63, 3.8) is 0 Å². The van der Waals surface area contributed by atoms with Crippen LogP contribution in [0, 0.1) is 9.39 Å². The molecule has 4 heteroatoms. The number of carbonyl (C=O) groups is 1. The molecule has 76 valence electrons. The maximum atomic E-state index is 13.4. The summed E-state index contributed by atoms with van der Waals surface area (Å²) in [6.07, 6.45) is -0.00346. The number of halogens is 2. The Balaban J connectivity index is 2.76. The van der Waals surface area contributed by atoms with Crippen molar-refractivity contribution < 1.29 is 13.9 Å². The van der Waals surface area contributed by atoms with Crippen LogP contribution in [0.25, 0.3) is 0 Å². The van der Waals surface area contributed by atoms with E-state index in [0.29, 0.717) is 15.7 Å². The summed E-state index contributed by atoms with van der Waals surface area (Å²) < 4.78 is 18.6. The molecule has 0 aliphatic heterocycles. The van der Waals surface area contributed by atoms with Crippen LogP contribution in [0.4, 0.5) is 4.39 Å². The molecule has 0 radical (unpaired) electrons. The summed E-state index contributed by atoms with van der Waals surface area (Å²) >= 11 is 1.89. The Morgan fingerprint density at radius 3 is 2.93 bits per heavy atom. The predicted molar refractivity (Wildman–Crippen MR) is 59.5 cm³/mol. The minimum absolute atomic E-state index is 0.00346. The lowest BCUT2D eigenvalue weighted by Crippen LogP contribution is -2.09. The SMILES string of the molecule is CCOC(=O)Cc1cccc(I)c1F. The van der Waals surface area contributed by atoms with E-state index < -0.39 is 5.97 Å². The predicted octanol–water partition coefficient (Wildman–Crippen LogP) is 2.54. The number of ether oxygens (including phenoxy) is 1. The molecule has 1 rings (SSSR count). The first-order valence-electron chi connectivity index (χ1n) is 4.23. The second kappa shape index (κ2) is 5.29. The molecule has 0 unspecified atom stereocenters. The van der Waals surface area contributed by atoms with Crippen LogP contribution in [0.1, 0.15) is 12.5 Å². The third-order valence-electron chi connectivity index (χ3n) is 1.67. The number of carbonyl (C=O) groups excluding carboxylic acids is 1. The summed E-state index contributed by atoms with van der Waals surface area (Å²) in [4.78, 5) is 11.1. The van der Waals surface area contributed by atoms with E-state index in [1.807, 2.05) is 22.6 Å². The smallest absolute Gasteiger partial charge is 0.310 e. The van der Waals surface area contributed by atoms with E-state index in [1.165, 1.54) is 0 Å². The molecule has 0 bridgehead atoms. The molecule has 0 aliphatic carbocycles. The quantitative estimate of drug-likeness (QED) is 0.633. The molecule has 1 aromatic carbocycles. The summed E-state index contributed by atoms with van der Waals surface area (Å²) in [5.74, 6) is -0.727. The largest absolute Gasteiger partial charge is 0.466 e. The van der Waals surface area contributed by atoms with Crippen LogP contribution in [-0.2, 0) is 16.0 Å². The highest BCUT2D eigenvalue weighted by molar-refractivity contribution is 14.1. The van der Waals surface area contributed by atoms with Crippen LogP contribution < -0.4 is 0 Å². The summed E-state index contributed by atoms with van der Waals surface area (Å²) in [5, 5.41) is 0. The van der Waals surface area contributed by atoms with Crippen molar-refractivity contribution in [3.8, 4) is 0 Å². The average Bonchev–Trinajstić information content (AvgIpc) is 2.13. The molecule has 0 saturated carbocycles. The van der Waals surface area contributed by atoms with Crippen LogP contribution in [0.15, 0.2) is 18.2 Å². The van der Waals surface area contributed by atoms with Gasteiger partial charge in [0.25, 0.3) is 0 Å². The Hall–Kier alpha value is -0.650. The highest BCUT2D eigenvalue weighted by atomic mass is 127. The highest BCUT2D eigenvalue weighted by Gasteiger charge is 2.10. The molecule has 0 N–H and O–H groups in total. The minimum atomic E-state index is -0.395. The zero-order valence-electron chi connectivity index (χ0n) is 7.72. The van der Waals surface area contributed by atoms with Crippen LogP contribution in [0.3, 0.4) is 0 Å². The fraction of sp³-hybridized carbons (Fsp3) is 0.300. The zero-order valence-corrected chi connectivity index (χ0v) is 9.88. The summed E-state index contributed by atoms with van der Waals surface area (Å²) in [6, 6.07) is 4.97. The second-order valence-electron chi connectivity index (χ2n) is 2.69. The van der Waals surface area contributed by atoms with Crippen LogP contribution in [0.5, 0.6) is 0 Å². The highest BCUT2D eigenvalue weighted by Crippen LogP contribution is 2.15. The Morgan fingerprint density at radius 2 is 2.29 bits per heavy atom. The van der Waals surface area contributed by atoms with Gasteiger partial charge in [-0.2, -0.15) is 0 Å². The van der Waals surface area contributed by atoms with Gasteiger partial charge in [-0.15, -0.1) is 0 Å². The van der Waals surface area contributed by atoms with Gasteiger partial charge >= 0.3 is 5.97 Å². The van der Waals surface area contributed by atoms with Crippen LogP contribution in [0.2, 0.25) is 0 Å². The van der Waals surface area contributed by atoms with Crippen molar-refractivity contribution >= 4 is 28.6 Å². The van der Waals surface area contributed by atoms with E-state index in [1.54, 1.807) is 25.1 Å². The second-order valence-corrected chi connectivity index (χ2v) is 3.86. The third kappa shape index (κ3) is 2.94. The van der Waals surface area contributed by atoms with E-state index in [0.717, 1.165) is 0 Å². The summed E-state index contributed by atoms with van der Waals surface area (Å²) in [6.45, 7) is 2.05. The first-order valence-corrected chi connectivity index (χ1v) is 5.31.